The summed E-state index contributed by atoms with van der Waals surface area (Å²) in [6, 6.07) is 19.6. The lowest BCUT2D eigenvalue weighted by Crippen LogP contribution is -2.18. The first-order chi connectivity index (χ1) is 13.9. The summed E-state index contributed by atoms with van der Waals surface area (Å²) in [5.74, 6) is -0.434. The largest absolute Gasteiger partial charge is 0.422 e. The van der Waals surface area contributed by atoms with Crippen LogP contribution in [0.3, 0.4) is 0 Å². The highest BCUT2D eigenvalue weighted by atomic mass is 79.9. The van der Waals surface area contributed by atoms with E-state index in [1.165, 1.54) is 6.21 Å². The lowest BCUT2D eigenvalue weighted by molar-refractivity contribution is 0.0734. The predicted octanol–water partition coefficient (Wildman–Crippen LogP) is 5.05. The molecule has 0 fully saturated rings. The quantitative estimate of drug-likeness (QED) is 0.256. The summed E-state index contributed by atoms with van der Waals surface area (Å²) in [5, 5.41) is 4.02. The van der Waals surface area contributed by atoms with E-state index in [0.717, 1.165) is 15.6 Å². The molecule has 0 aliphatic carbocycles. The summed E-state index contributed by atoms with van der Waals surface area (Å²) in [7, 11) is 0. The molecule has 1 N–H and O–H groups in total. The van der Waals surface area contributed by atoms with Gasteiger partial charge in [0.1, 0.15) is 5.75 Å². The van der Waals surface area contributed by atoms with Crippen LogP contribution in [-0.4, -0.2) is 18.1 Å². The van der Waals surface area contributed by atoms with Gasteiger partial charge in [-0.25, -0.2) is 10.2 Å². The van der Waals surface area contributed by atoms with Crippen molar-refractivity contribution in [2.45, 2.75) is 13.8 Å². The number of hydrogen-bond acceptors (Lipinski definition) is 4. The van der Waals surface area contributed by atoms with E-state index in [9.17, 15) is 9.59 Å². The van der Waals surface area contributed by atoms with Crippen LogP contribution in [0, 0.1) is 13.8 Å². The Bertz CT molecular complexity index is 1090. The molecule has 0 aromatic heterocycles. The Morgan fingerprint density at radius 1 is 1.00 bits per heavy atom. The minimum absolute atomic E-state index is 0.312. The predicted molar refractivity (Wildman–Crippen MR) is 117 cm³/mol. The maximum Gasteiger partial charge on any atom is 0.343 e. The number of benzene rings is 3. The highest BCUT2D eigenvalue weighted by Crippen LogP contribution is 2.23. The van der Waals surface area contributed by atoms with Gasteiger partial charge in [0.25, 0.3) is 5.91 Å². The number of aryl methyl sites for hydroxylation is 2. The fourth-order valence-corrected chi connectivity index (χ4v) is 3.07. The van der Waals surface area contributed by atoms with E-state index in [1.807, 2.05) is 32.0 Å². The Balaban J connectivity index is 1.76. The summed E-state index contributed by atoms with van der Waals surface area (Å²) < 4.78 is 6.33. The molecule has 1 amide bonds. The Labute approximate surface area is 177 Å². The fourth-order valence-electron chi connectivity index (χ4n) is 2.69. The Kier molecular flexibility index (Phi) is 6.57. The van der Waals surface area contributed by atoms with Gasteiger partial charge in [-0.3, -0.25) is 4.79 Å². The summed E-state index contributed by atoms with van der Waals surface area (Å²) in [4.78, 5) is 24.7. The molecule has 29 heavy (non-hydrogen) atoms. The van der Waals surface area contributed by atoms with Crippen molar-refractivity contribution in [1.29, 1.82) is 0 Å². The van der Waals surface area contributed by atoms with Crippen molar-refractivity contribution in [2.75, 3.05) is 0 Å². The highest BCUT2D eigenvalue weighted by molar-refractivity contribution is 9.10. The van der Waals surface area contributed by atoms with Crippen molar-refractivity contribution in [3.63, 3.8) is 0 Å². The number of carbonyl (C=O) groups is 2. The van der Waals surface area contributed by atoms with Crippen LogP contribution in [0.15, 0.2) is 76.3 Å². The number of amides is 1. The number of hydrazone groups is 1. The number of ether oxygens (including phenoxy) is 1. The van der Waals surface area contributed by atoms with Crippen molar-refractivity contribution in [3.8, 4) is 5.75 Å². The topological polar surface area (TPSA) is 67.8 Å². The smallest absolute Gasteiger partial charge is 0.343 e. The van der Waals surface area contributed by atoms with E-state index in [2.05, 4.69) is 26.5 Å². The van der Waals surface area contributed by atoms with Crippen LogP contribution in [-0.2, 0) is 0 Å². The van der Waals surface area contributed by atoms with Gasteiger partial charge < -0.3 is 4.74 Å². The molecule has 3 aromatic carbocycles. The second kappa shape index (κ2) is 9.30. The molecule has 6 heteroatoms. The van der Waals surface area contributed by atoms with Crippen molar-refractivity contribution < 1.29 is 14.3 Å². The van der Waals surface area contributed by atoms with Gasteiger partial charge in [-0.05, 0) is 55.8 Å². The SMILES string of the molecule is Cc1cccc(C(=O)Oc2ccc(Br)cc2/C=N/NC(=O)c2ccccc2C)c1. The van der Waals surface area contributed by atoms with Gasteiger partial charge in [0.15, 0.2) is 0 Å². The lowest BCUT2D eigenvalue weighted by atomic mass is 10.1. The molecule has 0 aliphatic rings. The molecule has 0 unspecified atom stereocenters. The van der Waals surface area contributed by atoms with Crippen molar-refractivity contribution >= 4 is 34.0 Å². The zero-order chi connectivity index (χ0) is 20.8. The van der Waals surface area contributed by atoms with Crippen molar-refractivity contribution in [2.24, 2.45) is 5.10 Å². The molecule has 3 rings (SSSR count). The van der Waals surface area contributed by atoms with Gasteiger partial charge in [-0.1, -0.05) is 51.8 Å². The molecule has 0 bridgehead atoms. The first-order valence-corrected chi connectivity index (χ1v) is 9.71. The van der Waals surface area contributed by atoms with E-state index in [-0.39, 0.29) is 5.91 Å². The van der Waals surface area contributed by atoms with Gasteiger partial charge in [-0.2, -0.15) is 5.10 Å². The molecule has 0 spiro atoms. The van der Waals surface area contributed by atoms with Gasteiger partial charge in [0, 0.05) is 15.6 Å². The minimum atomic E-state index is -0.463. The van der Waals surface area contributed by atoms with Gasteiger partial charge in [-0.15, -0.1) is 0 Å². The fraction of sp³-hybridized carbons (Fsp3) is 0.0870. The average Bonchev–Trinajstić information content (AvgIpc) is 2.70. The first-order valence-electron chi connectivity index (χ1n) is 8.91. The third kappa shape index (κ3) is 5.39. The second-order valence-electron chi connectivity index (χ2n) is 6.46. The third-order valence-corrected chi connectivity index (χ3v) is 4.68. The number of carbonyl (C=O) groups excluding carboxylic acids is 2. The standard InChI is InChI=1S/C23H19BrN2O3/c1-15-6-5-8-17(12-15)23(28)29-21-11-10-19(24)13-18(21)14-25-26-22(27)20-9-4-3-7-16(20)2/h3-14H,1-2H3,(H,26,27)/b25-14+. The maximum atomic E-state index is 12.5. The second-order valence-corrected chi connectivity index (χ2v) is 7.37. The lowest BCUT2D eigenvalue weighted by Gasteiger charge is -2.09. The molecule has 146 valence electrons. The first kappa shape index (κ1) is 20.5. The van der Waals surface area contributed by atoms with Gasteiger partial charge in [0.2, 0.25) is 0 Å². The minimum Gasteiger partial charge on any atom is -0.422 e. The maximum absolute atomic E-state index is 12.5. The number of rotatable bonds is 5. The van der Waals surface area contributed by atoms with E-state index < -0.39 is 5.97 Å². The van der Waals surface area contributed by atoms with Gasteiger partial charge in [0.05, 0.1) is 11.8 Å². The monoisotopic (exact) mass is 450 g/mol. The summed E-state index contributed by atoms with van der Waals surface area (Å²) in [6.45, 7) is 3.77. The molecule has 0 heterocycles. The average molecular weight is 451 g/mol. The number of esters is 1. The molecular weight excluding hydrogens is 432 g/mol. The van der Waals surface area contributed by atoms with Crippen LogP contribution < -0.4 is 10.2 Å². The van der Waals surface area contributed by atoms with E-state index in [0.29, 0.717) is 22.4 Å². The number of hydrogen-bond donors (Lipinski definition) is 1. The van der Waals surface area contributed by atoms with Crippen LogP contribution in [0.25, 0.3) is 0 Å². The number of halogens is 1. The van der Waals surface area contributed by atoms with Crippen molar-refractivity contribution in [3.05, 3.63) is 99.0 Å². The van der Waals surface area contributed by atoms with Gasteiger partial charge >= 0.3 is 5.97 Å². The Morgan fingerprint density at radius 3 is 2.55 bits per heavy atom. The van der Waals surface area contributed by atoms with Crippen LogP contribution in [0.4, 0.5) is 0 Å². The zero-order valence-electron chi connectivity index (χ0n) is 16.0. The van der Waals surface area contributed by atoms with Crippen LogP contribution >= 0.6 is 15.9 Å². The van der Waals surface area contributed by atoms with E-state index in [1.54, 1.807) is 48.5 Å². The molecule has 3 aromatic rings. The molecular formula is C23H19BrN2O3. The molecule has 0 saturated carbocycles. The van der Waals surface area contributed by atoms with E-state index in [4.69, 9.17) is 4.74 Å². The molecule has 0 atom stereocenters. The Hall–Kier alpha value is -3.25. The van der Waals surface area contributed by atoms with E-state index >= 15 is 0 Å². The Morgan fingerprint density at radius 2 is 1.79 bits per heavy atom. The normalized spacial score (nSPS) is 10.7. The molecule has 5 nitrogen and oxygen atoms in total. The summed E-state index contributed by atoms with van der Waals surface area (Å²) >= 11 is 3.39. The number of nitrogens with zero attached hydrogens (tertiary/aromatic N) is 1. The summed E-state index contributed by atoms with van der Waals surface area (Å²) in [5.41, 5.74) is 5.88. The molecule has 0 radical (unpaired) electrons. The van der Waals surface area contributed by atoms with Crippen LogP contribution in [0.1, 0.15) is 37.4 Å². The summed E-state index contributed by atoms with van der Waals surface area (Å²) in [6.07, 6.45) is 1.44. The zero-order valence-corrected chi connectivity index (χ0v) is 17.6. The highest BCUT2D eigenvalue weighted by Gasteiger charge is 2.12. The van der Waals surface area contributed by atoms with Crippen LogP contribution in [0.2, 0.25) is 0 Å². The molecule has 0 aliphatic heterocycles. The number of nitrogens with one attached hydrogen (secondary N) is 1. The third-order valence-electron chi connectivity index (χ3n) is 4.19. The van der Waals surface area contributed by atoms with Crippen molar-refractivity contribution in [1.82, 2.24) is 5.43 Å². The molecule has 0 saturated heterocycles. The van der Waals surface area contributed by atoms with Crippen LogP contribution in [0.5, 0.6) is 5.75 Å².